The predicted octanol–water partition coefficient (Wildman–Crippen LogP) is 2.03. The molecule has 0 fully saturated rings. The lowest BCUT2D eigenvalue weighted by Crippen LogP contribution is -2.15. The second-order valence-electron chi connectivity index (χ2n) is 4.32. The number of anilines is 1. The number of nitrogens with zero attached hydrogens (tertiary/aromatic N) is 2. The molecule has 7 nitrogen and oxygen atoms in total. The second kappa shape index (κ2) is 5.93. The summed E-state index contributed by atoms with van der Waals surface area (Å²) >= 11 is -2.28. The number of nitrogens with one attached hydrogen (secondary N) is 1. The van der Waals surface area contributed by atoms with Crippen LogP contribution in [0.4, 0.5) is 5.69 Å². The van der Waals surface area contributed by atoms with Crippen LogP contribution in [0.3, 0.4) is 0 Å². The average molecular weight is 295 g/mol. The van der Waals surface area contributed by atoms with Crippen molar-refractivity contribution in [1.29, 1.82) is 0 Å². The maximum absolute atomic E-state index is 12.2. The van der Waals surface area contributed by atoms with Crippen molar-refractivity contribution in [3.63, 3.8) is 0 Å². The van der Waals surface area contributed by atoms with Crippen molar-refractivity contribution in [2.45, 2.75) is 24.8 Å². The van der Waals surface area contributed by atoms with Crippen LogP contribution in [0.15, 0.2) is 34.1 Å². The molecule has 0 aliphatic carbocycles. The van der Waals surface area contributed by atoms with Crippen molar-refractivity contribution < 1.29 is 18.1 Å². The number of amides is 1. The van der Waals surface area contributed by atoms with Gasteiger partial charge in [-0.25, -0.2) is 9.19 Å². The normalized spacial score (nSPS) is 12.4. The molecule has 0 spiro atoms. The van der Waals surface area contributed by atoms with Gasteiger partial charge >= 0.3 is 0 Å². The zero-order valence-electron chi connectivity index (χ0n) is 10.9. The summed E-state index contributed by atoms with van der Waals surface area (Å²) in [7, 11) is 0. The zero-order chi connectivity index (χ0) is 14.7. The summed E-state index contributed by atoms with van der Waals surface area (Å²) in [5, 5.41) is 6.03. The molecule has 1 amide bonds. The van der Waals surface area contributed by atoms with Crippen LogP contribution in [0.1, 0.15) is 35.9 Å². The lowest BCUT2D eigenvalue weighted by Gasteiger charge is -2.08. The van der Waals surface area contributed by atoms with E-state index in [-0.39, 0.29) is 16.6 Å². The van der Waals surface area contributed by atoms with E-state index in [1.807, 2.05) is 13.8 Å². The highest BCUT2D eigenvalue weighted by molar-refractivity contribution is 7.79. The largest absolute Gasteiger partial charge is 0.360 e. The molecular weight excluding hydrogens is 282 g/mol. The maximum Gasteiger partial charge on any atom is 0.260 e. The molecule has 2 rings (SSSR count). The van der Waals surface area contributed by atoms with E-state index in [0.717, 1.165) is 0 Å². The number of carbonyl (C=O) groups is 1. The van der Waals surface area contributed by atoms with Crippen molar-refractivity contribution in [3.8, 4) is 0 Å². The molecule has 0 aliphatic rings. The molecule has 1 unspecified atom stereocenters. The first-order chi connectivity index (χ1) is 9.50. The summed E-state index contributed by atoms with van der Waals surface area (Å²) in [6.07, 6.45) is 2.69. The highest BCUT2D eigenvalue weighted by atomic mass is 32.2. The fourth-order valence-corrected chi connectivity index (χ4v) is 2.11. The van der Waals surface area contributed by atoms with Crippen molar-refractivity contribution in [2.75, 3.05) is 5.32 Å². The Hall–Kier alpha value is -2.06. The summed E-state index contributed by atoms with van der Waals surface area (Å²) in [6.45, 7) is 3.74. The SMILES string of the molecule is CC(C)c1oncc1C(=O)Nc1cccnc1S(=O)O. The minimum atomic E-state index is -2.28. The molecule has 0 aromatic carbocycles. The summed E-state index contributed by atoms with van der Waals surface area (Å²) in [5.41, 5.74) is 0.466. The molecule has 2 N–H and O–H groups in total. The van der Waals surface area contributed by atoms with Crippen LogP contribution < -0.4 is 5.32 Å². The van der Waals surface area contributed by atoms with Crippen LogP contribution in [0.5, 0.6) is 0 Å². The van der Waals surface area contributed by atoms with E-state index in [1.54, 1.807) is 6.07 Å². The molecule has 0 radical (unpaired) electrons. The standard InChI is InChI=1S/C12H13N3O4S/c1-7(2)10-8(6-14-19-10)11(16)15-9-4-3-5-13-12(9)20(17)18/h3-7H,1-2H3,(H,15,16)(H,17,18). The van der Waals surface area contributed by atoms with E-state index < -0.39 is 17.0 Å². The number of hydrogen-bond donors (Lipinski definition) is 2. The average Bonchev–Trinajstić information content (AvgIpc) is 2.88. The van der Waals surface area contributed by atoms with Crippen molar-refractivity contribution in [3.05, 3.63) is 35.9 Å². The van der Waals surface area contributed by atoms with Crippen molar-refractivity contribution in [1.82, 2.24) is 10.1 Å². The Morgan fingerprint density at radius 1 is 1.50 bits per heavy atom. The summed E-state index contributed by atoms with van der Waals surface area (Å²) in [6, 6.07) is 3.06. The van der Waals surface area contributed by atoms with Gasteiger partial charge in [0.05, 0.1) is 11.9 Å². The Morgan fingerprint density at radius 3 is 2.90 bits per heavy atom. The Bertz CT molecular complexity index is 654. The number of carbonyl (C=O) groups excluding carboxylic acids is 1. The van der Waals surface area contributed by atoms with E-state index in [2.05, 4.69) is 15.5 Å². The number of rotatable bonds is 4. The van der Waals surface area contributed by atoms with E-state index in [0.29, 0.717) is 11.3 Å². The maximum atomic E-state index is 12.2. The minimum Gasteiger partial charge on any atom is -0.360 e. The van der Waals surface area contributed by atoms with Crippen molar-refractivity contribution in [2.24, 2.45) is 0 Å². The van der Waals surface area contributed by atoms with E-state index >= 15 is 0 Å². The van der Waals surface area contributed by atoms with Gasteiger partial charge in [-0.15, -0.1) is 0 Å². The molecule has 8 heteroatoms. The highest BCUT2D eigenvalue weighted by Gasteiger charge is 2.20. The fraction of sp³-hybridized carbons (Fsp3) is 0.250. The van der Waals surface area contributed by atoms with Gasteiger partial charge in [0.2, 0.25) is 11.1 Å². The Morgan fingerprint density at radius 2 is 2.25 bits per heavy atom. The molecule has 0 bridgehead atoms. The molecule has 2 heterocycles. The van der Waals surface area contributed by atoms with Gasteiger partial charge in [0.25, 0.3) is 5.91 Å². The molecule has 0 saturated heterocycles. The van der Waals surface area contributed by atoms with Gasteiger partial charge in [0.1, 0.15) is 5.56 Å². The lowest BCUT2D eigenvalue weighted by atomic mass is 10.1. The zero-order valence-corrected chi connectivity index (χ0v) is 11.7. The molecule has 0 aliphatic heterocycles. The number of aromatic nitrogens is 2. The lowest BCUT2D eigenvalue weighted by molar-refractivity contribution is 0.102. The van der Waals surface area contributed by atoms with Crippen LogP contribution in [0.2, 0.25) is 0 Å². The number of hydrogen-bond acceptors (Lipinski definition) is 5. The molecular formula is C12H13N3O4S. The third kappa shape index (κ3) is 2.91. The third-order valence-electron chi connectivity index (χ3n) is 2.55. The fourth-order valence-electron chi connectivity index (χ4n) is 1.65. The predicted molar refractivity (Wildman–Crippen MR) is 71.8 cm³/mol. The van der Waals surface area contributed by atoms with Gasteiger partial charge in [-0.1, -0.05) is 19.0 Å². The van der Waals surface area contributed by atoms with Gasteiger partial charge in [-0.2, -0.15) is 0 Å². The van der Waals surface area contributed by atoms with Gasteiger partial charge in [-0.05, 0) is 12.1 Å². The second-order valence-corrected chi connectivity index (χ2v) is 5.20. The third-order valence-corrected chi connectivity index (χ3v) is 3.21. The van der Waals surface area contributed by atoms with Gasteiger partial charge < -0.3 is 14.4 Å². The van der Waals surface area contributed by atoms with Crippen LogP contribution in [0, 0.1) is 0 Å². The quantitative estimate of drug-likeness (QED) is 0.836. The van der Waals surface area contributed by atoms with E-state index in [1.165, 1.54) is 18.5 Å². The van der Waals surface area contributed by atoms with Gasteiger partial charge in [-0.3, -0.25) is 4.79 Å². The smallest absolute Gasteiger partial charge is 0.260 e. The van der Waals surface area contributed by atoms with E-state index in [9.17, 15) is 9.00 Å². The topological polar surface area (TPSA) is 105 Å². The molecule has 2 aromatic heterocycles. The molecule has 0 saturated carbocycles. The molecule has 2 aromatic rings. The molecule has 1 atom stereocenters. The highest BCUT2D eigenvalue weighted by Crippen LogP contribution is 2.21. The van der Waals surface area contributed by atoms with E-state index in [4.69, 9.17) is 9.08 Å². The first kappa shape index (κ1) is 14.4. The van der Waals surface area contributed by atoms with Crippen LogP contribution in [0.25, 0.3) is 0 Å². The Kier molecular flexibility index (Phi) is 4.26. The monoisotopic (exact) mass is 295 g/mol. The van der Waals surface area contributed by atoms with Crippen LogP contribution in [-0.4, -0.2) is 24.8 Å². The minimum absolute atomic E-state index is 0.00130. The van der Waals surface area contributed by atoms with Crippen LogP contribution >= 0.6 is 0 Å². The van der Waals surface area contributed by atoms with Crippen molar-refractivity contribution >= 4 is 22.7 Å². The Labute approximate surface area is 117 Å². The summed E-state index contributed by atoms with van der Waals surface area (Å²) in [5.74, 6) is -0.00805. The van der Waals surface area contributed by atoms with Gasteiger partial charge in [0.15, 0.2) is 10.8 Å². The van der Waals surface area contributed by atoms with Gasteiger partial charge in [0, 0.05) is 12.1 Å². The Balaban J connectivity index is 2.29. The first-order valence-electron chi connectivity index (χ1n) is 5.82. The first-order valence-corrected chi connectivity index (χ1v) is 6.93. The van der Waals surface area contributed by atoms with Crippen LogP contribution in [-0.2, 0) is 11.1 Å². The molecule has 20 heavy (non-hydrogen) atoms. The molecule has 106 valence electrons. The summed E-state index contributed by atoms with van der Waals surface area (Å²) in [4.78, 5) is 15.9. The summed E-state index contributed by atoms with van der Waals surface area (Å²) < 4.78 is 25.3. The number of pyridine rings is 1.